The van der Waals surface area contributed by atoms with E-state index in [4.69, 9.17) is 5.73 Å². The van der Waals surface area contributed by atoms with E-state index in [9.17, 15) is 4.79 Å². The summed E-state index contributed by atoms with van der Waals surface area (Å²) in [4.78, 5) is 11.8. The summed E-state index contributed by atoms with van der Waals surface area (Å²) in [6.07, 6.45) is 1.68. The van der Waals surface area contributed by atoms with Gasteiger partial charge in [0.2, 0.25) is 5.91 Å². The van der Waals surface area contributed by atoms with E-state index in [0.717, 1.165) is 14.8 Å². The second-order valence-corrected chi connectivity index (χ2v) is 5.06. The number of halogens is 1. The Morgan fingerprint density at radius 1 is 1.50 bits per heavy atom. The summed E-state index contributed by atoms with van der Waals surface area (Å²) >= 11 is 2.24. The number of carbonyl (C=O) groups is 1. The molecule has 0 atom stereocenters. The van der Waals surface area contributed by atoms with Crippen LogP contribution >= 0.6 is 22.6 Å². The van der Waals surface area contributed by atoms with Gasteiger partial charge in [-0.25, -0.2) is 0 Å². The van der Waals surface area contributed by atoms with Crippen molar-refractivity contribution in [2.75, 3.05) is 11.1 Å². The normalized spacial score (nSPS) is 10.3. The third-order valence-electron chi connectivity index (χ3n) is 2.51. The van der Waals surface area contributed by atoms with Crippen molar-refractivity contribution in [2.45, 2.75) is 13.5 Å². The Bertz CT molecular complexity index is 579. The Kier molecular flexibility index (Phi) is 3.85. The molecule has 0 bridgehead atoms. The van der Waals surface area contributed by atoms with Crippen molar-refractivity contribution in [1.82, 2.24) is 9.78 Å². The third kappa shape index (κ3) is 3.00. The molecule has 18 heavy (non-hydrogen) atoms. The van der Waals surface area contributed by atoms with E-state index in [1.54, 1.807) is 12.3 Å². The molecule has 0 aliphatic heterocycles. The summed E-state index contributed by atoms with van der Waals surface area (Å²) in [5.74, 6) is 0.288. The summed E-state index contributed by atoms with van der Waals surface area (Å²) in [6.45, 7) is 2.13. The minimum absolute atomic E-state index is 0.122. The van der Waals surface area contributed by atoms with Crippen LogP contribution in [-0.4, -0.2) is 15.7 Å². The van der Waals surface area contributed by atoms with Gasteiger partial charge in [0.25, 0.3) is 0 Å². The number of amides is 1. The van der Waals surface area contributed by atoms with Crippen LogP contribution in [0.4, 0.5) is 11.5 Å². The van der Waals surface area contributed by atoms with Crippen molar-refractivity contribution >= 4 is 40.0 Å². The Balaban J connectivity index is 2.05. The lowest BCUT2D eigenvalue weighted by Crippen LogP contribution is -2.19. The van der Waals surface area contributed by atoms with Crippen LogP contribution in [0.5, 0.6) is 0 Å². The third-order valence-corrected chi connectivity index (χ3v) is 3.68. The smallest absolute Gasteiger partial charge is 0.246 e. The first-order valence-corrected chi connectivity index (χ1v) is 6.48. The molecule has 0 aliphatic rings. The number of nitrogens with one attached hydrogen (secondary N) is 1. The van der Waals surface area contributed by atoms with Crippen LogP contribution in [0.15, 0.2) is 30.5 Å². The van der Waals surface area contributed by atoms with Crippen LogP contribution in [0, 0.1) is 10.5 Å². The SMILES string of the molecule is Cc1c(I)cccc1NC(=O)Cn1ccc(N)n1. The van der Waals surface area contributed by atoms with E-state index < -0.39 is 0 Å². The van der Waals surface area contributed by atoms with Crippen molar-refractivity contribution in [3.8, 4) is 0 Å². The minimum Gasteiger partial charge on any atom is -0.382 e. The van der Waals surface area contributed by atoms with Crippen molar-refractivity contribution in [3.63, 3.8) is 0 Å². The average molecular weight is 356 g/mol. The molecular weight excluding hydrogens is 343 g/mol. The Morgan fingerprint density at radius 3 is 2.94 bits per heavy atom. The van der Waals surface area contributed by atoms with E-state index in [-0.39, 0.29) is 12.5 Å². The Labute approximate surface area is 119 Å². The van der Waals surface area contributed by atoms with Gasteiger partial charge in [-0.05, 0) is 53.3 Å². The van der Waals surface area contributed by atoms with Gasteiger partial charge in [0.15, 0.2) is 0 Å². The zero-order valence-corrected chi connectivity index (χ0v) is 12.0. The standard InChI is InChI=1S/C12H13IN4O/c1-8-9(13)3-2-4-10(8)15-12(18)7-17-6-5-11(14)16-17/h2-6H,7H2,1H3,(H2,14,16)(H,15,18). The largest absolute Gasteiger partial charge is 0.382 e. The molecule has 0 spiro atoms. The molecule has 0 unspecified atom stereocenters. The molecule has 5 nitrogen and oxygen atoms in total. The Hall–Kier alpha value is -1.57. The highest BCUT2D eigenvalue weighted by atomic mass is 127. The first-order valence-electron chi connectivity index (χ1n) is 5.40. The number of rotatable bonds is 3. The highest BCUT2D eigenvalue weighted by Crippen LogP contribution is 2.20. The van der Waals surface area contributed by atoms with Crippen LogP contribution in [-0.2, 0) is 11.3 Å². The summed E-state index contributed by atoms with van der Waals surface area (Å²) < 4.78 is 2.63. The molecule has 1 heterocycles. The highest BCUT2D eigenvalue weighted by Gasteiger charge is 2.07. The van der Waals surface area contributed by atoms with Gasteiger partial charge in [0, 0.05) is 15.5 Å². The molecule has 0 radical (unpaired) electrons. The van der Waals surface area contributed by atoms with Crippen LogP contribution < -0.4 is 11.1 Å². The van der Waals surface area contributed by atoms with Gasteiger partial charge in [-0.15, -0.1) is 0 Å². The number of benzene rings is 1. The molecule has 0 aliphatic carbocycles. The number of nitrogens with zero attached hydrogens (tertiary/aromatic N) is 2. The highest BCUT2D eigenvalue weighted by molar-refractivity contribution is 14.1. The number of carbonyl (C=O) groups excluding carboxylic acids is 1. The molecule has 2 aromatic rings. The summed E-state index contributed by atoms with van der Waals surface area (Å²) in [6, 6.07) is 7.45. The van der Waals surface area contributed by atoms with Crippen molar-refractivity contribution in [2.24, 2.45) is 0 Å². The fraction of sp³-hybridized carbons (Fsp3) is 0.167. The molecule has 0 fully saturated rings. The maximum Gasteiger partial charge on any atom is 0.246 e. The fourth-order valence-electron chi connectivity index (χ4n) is 1.55. The summed E-state index contributed by atoms with van der Waals surface area (Å²) in [7, 11) is 0. The molecule has 1 aromatic carbocycles. The first kappa shape index (κ1) is 12.9. The van der Waals surface area contributed by atoms with Gasteiger partial charge in [0.05, 0.1) is 0 Å². The van der Waals surface area contributed by atoms with Crippen molar-refractivity contribution in [1.29, 1.82) is 0 Å². The summed E-state index contributed by atoms with van der Waals surface area (Å²) in [5, 5.41) is 6.83. The number of nitrogens with two attached hydrogens (primary N) is 1. The van der Waals surface area contributed by atoms with Crippen LogP contribution in [0.2, 0.25) is 0 Å². The molecule has 0 saturated carbocycles. The van der Waals surface area contributed by atoms with E-state index in [1.165, 1.54) is 4.68 Å². The molecule has 3 N–H and O–H groups in total. The van der Waals surface area contributed by atoms with Gasteiger partial charge < -0.3 is 11.1 Å². The Morgan fingerprint density at radius 2 is 2.28 bits per heavy atom. The van der Waals surface area contributed by atoms with Crippen molar-refractivity contribution < 1.29 is 4.79 Å². The molecule has 94 valence electrons. The van der Waals surface area contributed by atoms with E-state index >= 15 is 0 Å². The first-order chi connectivity index (χ1) is 8.56. The number of hydrogen-bond donors (Lipinski definition) is 2. The summed E-state index contributed by atoms with van der Waals surface area (Å²) in [5.41, 5.74) is 7.37. The second-order valence-electron chi connectivity index (χ2n) is 3.90. The zero-order valence-electron chi connectivity index (χ0n) is 9.85. The van der Waals surface area contributed by atoms with Crippen LogP contribution in [0.1, 0.15) is 5.56 Å². The number of nitrogen functional groups attached to an aromatic ring is 1. The predicted octanol–water partition coefficient (Wildman–Crippen LogP) is 2.02. The lowest BCUT2D eigenvalue weighted by atomic mass is 10.2. The van der Waals surface area contributed by atoms with E-state index in [0.29, 0.717) is 5.82 Å². The topological polar surface area (TPSA) is 72.9 Å². The van der Waals surface area contributed by atoms with Crippen molar-refractivity contribution in [3.05, 3.63) is 39.6 Å². The maximum absolute atomic E-state index is 11.8. The maximum atomic E-state index is 11.8. The zero-order chi connectivity index (χ0) is 13.1. The van der Waals surface area contributed by atoms with Crippen LogP contribution in [0.3, 0.4) is 0 Å². The van der Waals surface area contributed by atoms with E-state index in [1.807, 2.05) is 25.1 Å². The molecule has 1 amide bonds. The quantitative estimate of drug-likeness (QED) is 0.827. The number of aromatic nitrogens is 2. The monoisotopic (exact) mass is 356 g/mol. The van der Waals surface area contributed by atoms with Gasteiger partial charge >= 0.3 is 0 Å². The lowest BCUT2D eigenvalue weighted by Gasteiger charge is -2.09. The molecule has 0 saturated heterocycles. The molecular formula is C12H13IN4O. The van der Waals surface area contributed by atoms with Gasteiger partial charge in [0.1, 0.15) is 12.4 Å². The van der Waals surface area contributed by atoms with E-state index in [2.05, 4.69) is 33.0 Å². The van der Waals surface area contributed by atoms with Gasteiger partial charge in [-0.1, -0.05) is 6.07 Å². The predicted molar refractivity (Wildman–Crippen MR) is 79.2 cm³/mol. The molecule has 2 rings (SSSR count). The molecule has 6 heteroatoms. The molecule has 1 aromatic heterocycles. The van der Waals surface area contributed by atoms with Crippen LogP contribution in [0.25, 0.3) is 0 Å². The van der Waals surface area contributed by atoms with Gasteiger partial charge in [-0.2, -0.15) is 5.10 Å². The average Bonchev–Trinajstić information content (AvgIpc) is 2.70. The fourth-order valence-corrected chi connectivity index (χ4v) is 2.04. The second kappa shape index (κ2) is 5.38. The number of anilines is 2. The number of hydrogen-bond acceptors (Lipinski definition) is 3. The lowest BCUT2D eigenvalue weighted by molar-refractivity contribution is -0.116. The van der Waals surface area contributed by atoms with Gasteiger partial charge in [-0.3, -0.25) is 9.48 Å². The minimum atomic E-state index is -0.122.